The van der Waals surface area contributed by atoms with Gasteiger partial charge in [-0.15, -0.1) is 0 Å². The quantitative estimate of drug-likeness (QED) is 0.655. The zero-order valence-corrected chi connectivity index (χ0v) is 7.32. The van der Waals surface area contributed by atoms with E-state index in [1.807, 2.05) is 0 Å². The molecule has 0 saturated carbocycles. The van der Waals surface area contributed by atoms with Crippen LogP contribution < -0.4 is 5.73 Å². The molecule has 1 rings (SSSR count). The van der Waals surface area contributed by atoms with Gasteiger partial charge in [0.25, 0.3) is 0 Å². The summed E-state index contributed by atoms with van der Waals surface area (Å²) in [5.41, 5.74) is 5.82. The summed E-state index contributed by atoms with van der Waals surface area (Å²) in [4.78, 5) is 0. The first-order chi connectivity index (χ1) is 6.50. The lowest BCUT2D eigenvalue weighted by molar-refractivity contribution is 0.128. The summed E-state index contributed by atoms with van der Waals surface area (Å²) in [5, 5.41) is 18.1. The van der Waals surface area contributed by atoms with Crippen molar-refractivity contribution in [2.24, 2.45) is 5.73 Å². The van der Waals surface area contributed by atoms with Crippen molar-refractivity contribution in [2.75, 3.05) is 0 Å². The molecule has 0 spiro atoms. The summed E-state index contributed by atoms with van der Waals surface area (Å²) in [6.07, 6.45) is -2.95. The highest BCUT2D eigenvalue weighted by molar-refractivity contribution is 5.41. The fourth-order valence-corrected chi connectivity index (χ4v) is 1.10. The largest absolute Gasteiger partial charge is 0.504 e. The van der Waals surface area contributed by atoms with Crippen LogP contribution in [0.3, 0.4) is 0 Å². The van der Waals surface area contributed by atoms with Gasteiger partial charge >= 0.3 is 0 Å². The molecule has 0 bridgehead atoms. The van der Waals surface area contributed by atoms with Crippen molar-refractivity contribution in [3.05, 3.63) is 23.8 Å². The molecule has 0 heterocycles. The number of hydrogen-bond acceptors (Lipinski definition) is 3. The molecule has 0 aliphatic carbocycles. The Balaban J connectivity index is 2.80. The summed E-state index contributed by atoms with van der Waals surface area (Å²) in [5.74, 6) is -0.648. The summed E-state index contributed by atoms with van der Waals surface area (Å²) in [7, 11) is 0. The highest BCUT2D eigenvalue weighted by atomic mass is 19.3. The molecule has 3 nitrogen and oxygen atoms in total. The third-order valence-corrected chi connectivity index (χ3v) is 1.86. The van der Waals surface area contributed by atoms with E-state index in [9.17, 15) is 8.78 Å². The molecule has 0 aromatic heterocycles. The molecule has 0 aliphatic rings. The molecule has 4 N–H and O–H groups in total. The Kier molecular flexibility index (Phi) is 3.24. The van der Waals surface area contributed by atoms with E-state index < -0.39 is 18.9 Å². The number of rotatable bonds is 3. The zero-order chi connectivity index (χ0) is 10.7. The van der Waals surface area contributed by atoms with Crippen molar-refractivity contribution in [3.63, 3.8) is 0 Å². The van der Waals surface area contributed by atoms with Crippen molar-refractivity contribution in [3.8, 4) is 11.5 Å². The van der Waals surface area contributed by atoms with E-state index in [-0.39, 0.29) is 11.5 Å². The molecule has 0 unspecified atom stereocenters. The van der Waals surface area contributed by atoms with Crippen molar-refractivity contribution in [2.45, 2.75) is 18.9 Å². The molecule has 0 aliphatic heterocycles. The number of alkyl halides is 2. The van der Waals surface area contributed by atoms with Gasteiger partial charge in [-0.05, 0) is 17.7 Å². The van der Waals surface area contributed by atoms with Crippen LogP contribution >= 0.6 is 0 Å². The number of halogens is 2. The molecule has 0 radical (unpaired) electrons. The lowest BCUT2D eigenvalue weighted by atomic mass is 10.0. The lowest BCUT2D eigenvalue weighted by Crippen LogP contribution is -2.13. The molecular formula is C9H11F2NO2. The Labute approximate surface area is 79.8 Å². The minimum atomic E-state index is -2.49. The lowest BCUT2D eigenvalue weighted by Gasteiger charge is -2.11. The molecule has 5 heteroatoms. The second-order valence-corrected chi connectivity index (χ2v) is 2.98. The first-order valence-corrected chi connectivity index (χ1v) is 4.06. The number of hydrogen-bond donors (Lipinski definition) is 3. The van der Waals surface area contributed by atoms with Gasteiger partial charge in [-0.2, -0.15) is 0 Å². The van der Waals surface area contributed by atoms with E-state index in [1.54, 1.807) is 0 Å². The van der Waals surface area contributed by atoms with Crippen molar-refractivity contribution >= 4 is 0 Å². The first-order valence-electron chi connectivity index (χ1n) is 4.06. The summed E-state index contributed by atoms with van der Waals surface area (Å²) in [6.45, 7) is 0. The Morgan fingerprint density at radius 2 is 1.86 bits per heavy atom. The van der Waals surface area contributed by atoms with E-state index in [1.165, 1.54) is 18.2 Å². The van der Waals surface area contributed by atoms with Gasteiger partial charge in [0.1, 0.15) is 0 Å². The van der Waals surface area contributed by atoms with E-state index in [2.05, 4.69) is 0 Å². The van der Waals surface area contributed by atoms with Gasteiger partial charge in [0.15, 0.2) is 11.5 Å². The van der Waals surface area contributed by atoms with Gasteiger partial charge in [0.05, 0.1) is 0 Å². The van der Waals surface area contributed by atoms with Gasteiger partial charge in [-0.3, -0.25) is 0 Å². The second-order valence-electron chi connectivity index (χ2n) is 2.98. The number of benzene rings is 1. The van der Waals surface area contributed by atoms with Crippen molar-refractivity contribution in [1.29, 1.82) is 0 Å². The van der Waals surface area contributed by atoms with Crippen LogP contribution in [0.1, 0.15) is 18.0 Å². The topological polar surface area (TPSA) is 66.5 Å². The fraction of sp³-hybridized carbons (Fsp3) is 0.333. The molecule has 0 amide bonds. The smallest absolute Gasteiger partial charge is 0.240 e. The van der Waals surface area contributed by atoms with Gasteiger partial charge in [-0.25, -0.2) is 8.78 Å². The molecular weight excluding hydrogens is 192 g/mol. The van der Waals surface area contributed by atoms with Crippen LogP contribution in [-0.4, -0.2) is 16.6 Å². The molecule has 14 heavy (non-hydrogen) atoms. The van der Waals surface area contributed by atoms with Crippen LogP contribution in [0.4, 0.5) is 8.78 Å². The van der Waals surface area contributed by atoms with Crippen LogP contribution in [0.25, 0.3) is 0 Å². The Morgan fingerprint density at radius 1 is 1.21 bits per heavy atom. The molecule has 78 valence electrons. The standard InChI is InChI=1S/C9H11F2NO2/c10-9(11)4-6(12)5-1-2-7(13)8(14)3-5/h1-3,6,9,13-14H,4,12H2/t6-/m0/s1. The van der Waals surface area contributed by atoms with Gasteiger partial charge in [-0.1, -0.05) is 6.07 Å². The maximum Gasteiger partial charge on any atom is 0.240 e. The van der Waals surface area contributed by atoms with Crippen LogP contribution in [0.2, 0.25) is 0 Å². The first kappa shape index (κ1) is 10.7. The second kappa shape index (κ2) is 4.23. The predicted molar refractivity (Wildman–Crippen MR) is 47.3 cm³/mol. The number of aromatic hydroxyl groups is 2. The van der Waals surface area contributed by atoms with E-state index in [0.29, 0.717) is 5.56 Å². The minimum Gasteiger partial charge on any atom is -0.504 e. The maximum absolute atomic E-state index is 12.0. The normalized spacial score (nSPS) is 13.1. The Hall–Kier alpha value is -1.36. The maximum atomic E-state index is 12.0. The minimum absolute atomic E-state index is 0.294. The molecule has 1 aromatic rings. The van der Waals surface area contributed by atoms with Crippen molar-refractivity contribution in [1.82, 2.24) is 0 Å². The highest BCUT2D eigenvalue weighted by Gasteiger charge is 2.13. The number of phenols is 2. The number of nitrogens with two attached hydrogens (primary N) is 1. The van der Waals surface area contributed by atoms with Gasteiger partial charge in [0.2, 0.25) is 6.43 Å². The fourth-order valence-electron chi connectivity index (χ4n) is 1.10. The zero-order valence-electron chi connectivity index (χ0n) is 7.32. The predicted octanol–water partition coefficient (Wildman–Crippen LogP) is 1.75. The third kappa shape index (κ3) is 2.56. The van der Waals surface area contributed by atoms with E-state index in [0.717, 1.165) is 0 Å². The SMILES string of the molecule is N[C@@H](CC(F)F)c1ccc(O)c(O)c1. The van der Waals surface area contributed by atoms with Crippen LogP contribution in [-0.2, 0) is 0 Å². The average Bonchev–Trinajstić information content (AvgIpc) is 2.08. The van der Waals surface area contributed by atoms with E-state index >= 15 is 0 Å². The van der Waals surface area contributed by atoms with Gasteiger partial charge < -0.3 is 15.9 Å². The van der Waals surface area contributed by atoms with Crippen LogP contribution in [0.15, 0.2) is 18.2 Å². The molecule has 0 saturated heterocycles. The molecule has 0 fully saturated rings. The van der Waals surface area contributed by atoms with E-state index in [4.69, 9.17) is 15.9 Å². The molecule has 1 atom stereocenters. The number of phenolic OH excluding ortho intramolecular Hbond substituents is 2. The highest BCUT2D eigenvalue weighted by Crippen LogP contribution is 2.28. The van der Waals surface area contributed by atoms with Crippen molar-refractivity contribution < 1.29 is 19.0 Å². The third-order valence-electron chi connectivity index (χ3n) is 1.86. The Morgan fingerprint density at radius 3 is 2.36 bits per heavy atom. The monoisotopic (exact) mass is 203 g/mol. The summed E-state index contributed by atoms with van der Waals surface area (Å²) in [6, 6.07) is 2.97. The van der Waals surface area contributed by atoms with Crippen LogP contribution in [0, 0.1) is 0 Å². The summed E-state index contributed by atoms with van der Waals surface area (Å²) < 4.78 is 23.9. The average molecular weight is 203 g/mol. The molecule has 1 aromatic carbocycles. The summed E-state index contributed by atoms with van der Waals surface area (Å²) >= 11 is 0. The Bertz CT molecular complexity index is 318. The van der Waals surface area contributed by atoms with Gasteiger partial charge in [0, 0.05) is 12.5 Å². The van der Waals surface area contributed by atoms with Crippen LogP contribution in [0.5, 0.6) is 11.5 Å².